The maximum Gasteiger partial charge on any atom is 0.243 e. The second-order valence-electron chi connectivity index (χ2n) is 6.44. The molecule has 0 bridgehead atoms. The van der Waals surface area contributed by atoms with Crippen molar-refractivity contribution in [3.63, 3.8) is 0 Å². The van der Waals surface area contributed by atoms with Crippen molar-refractivity contribution in [1.29, 1.82) is 0 Å². The summed E-state index contributed by atoms with van der Waals surface area (Å²) in [5, 5.41) is 0.671. The molecule has 6 nitrogen and oxygen atoms in total. The van der Waals surface area contributed by atoms with E-state index in [4.69, 9.17) is 22.1 Å². The number of amides is 2. The van der Waals surface area contributed by atoms with Crippen molar-refractivity contribution in [2.24, 2.45) is 5.73 Å². The van der Waals surface area contributed by atoms with Crippen LogP contribution in [0.1, 0.15) is 18.4 Å². The molecule has 2 amide bonds. The van der Waals surface area contributed by atoms with Crippen molar-refractivity contribution in [3.05, 3.63) is 34.9 Å². The molecule has 3 rings (SSSR count). The molecule has 25 heavy (non-hydrogen) atoms. The Morgan fingerprint density at radius 2 is 1.84 bits per heavy atom. The van der Waals surface area contributed by atoms with Gasteiger partial charge in [-0.3, -0.25) is 9.59 Å². The SMILES string of the molecule is Cl.NC1(C(=O)N2CCN(Cc3ccc(Cl)cc3)C(=O)C2)CCOCC1. The lowest BCUT2D eigenvalue weighted by atomic mass is 9.89. The highest BCUT2D eigenvalue weighted by atomic mass is 35.5. The topological polar surface area (TPSA) is 75.9 Å². The van der Waals surface area contributed by atoms with Crippen molar-refractivity contribution in [3.8, 4) is 0 Å². The molecule has 2 aliphatic rings. The van der Waals surface area contributed by atoms with E-state index in [1.54, 1.807) is 9.80 Å². The van der Waals surface area contributed by atoms with Crippen LogP contribution in [0, 0.1) is 0 Å². The minimum absolute atomic E-state index is 0. The number of piperazine rings is 1. The highest BCUT2D eigenvalue weighted by Gasteiger charge is 2.41. The first kappa shape index (κ1) is 20.0. The van der Waals surface area contributed by atoms with Crippen molar-refractivity contribution in [2.75, 3.05) is 32.8 Å². The van der Waals surface area contributed by atoms with Crippen LogP contribution in [0.5, 0.6) is 0 Å². The predicted octanol–water partition coefficient (Wildman–Crippen LogP) is 1.44. The maximum absolute atomic E-state index is 12.7. The molecule has 2 saturated heterocycles. The van der Waals surface area contributed by atoms with Crippen LogP contribution < -0.4 is 5.73 Å². The highest BCUT2D eigenvalue weighted by Crippen LogP contribution is 2.22. The van der Waals surface area contributed by atoms with Crippen molar-refractivity contribution in [1.82, 2.24) is 9.80 Å². The van der Waals surface area contributed by atoms with Gasteiger partial charge < -0.3 is 20.3 Å². The fourth-order valence-corrected chi connectivity index (χ4v) is 3.25. The van der Waals surface area contributed by atoms with Crippen LogP contribution in [0.2, 0.25) is 5.02 Å². The predicted molar refractivity (Wildman–Crippen MR) is 97.7 cm³/mol. The third kappa shape index (κ3) is 4.64. The summed E-state index contributed by atoms with van der Waals surface area (Å²) in [6.45, 7) is 2.63. The first-order valence-electron chi connectivity index (χ1n) is 8.16. The van der Waals surface area contributed by atoms with Gasteiger partial charge in [-0.15, -0.1) is 12.4 Å². The third-order valence-corrected chi connectivity index (χ3v) is 4.96. The van der Waals surface area contributed by atoms with Gasteiger partial charge in [0.05, 0.1) is 12.1 Å². The summed E-state index contributed by atoms with van der Waals surface area (Å²) >= 11 is 5.88. The van der Waals surface area contributed by atoms with Gasteiger partial charge in [0.2, 0.25) is 11.8 Å². The van der Waals surface area contributed by atoms with Gasteiger partial charge in [0, 0.05) is 37.9 Å². The second kappa shape index (κ2) is 8.36. The summed E-state index contributed by atoms with van der Waals surface area (Å²) in [4.78, 5) is 28.4. The molecule has 1 aromatic rings. The van der Waals surface area contributed by atoms with Gasteiger partial charge in [0.1, 0.15) is 0 Å². The summed E-state index contributed by atoms with van der Waals surface area (Å²) in [6.07, 6.45) is 1.01. The number of nitrogens with two attached hydrogens (primary N) is 1. The van der Waals surface area contributed by atoms with E-state index in [1.165, 1.54) is 0 Å². The monoisotopic (exact) mass is 387 g/mol. The minimum atomic E-state index is -0.892. The molecule has 8 heteroatoms. The first-order valence-corrected chi connectivity index (χ1v) is 8.54. The standard InChI is InChI=1S/C17H22ClN3O3.ClH/c18-14-3-1-13(2-4-14)11-20-7-8-21(12-15(20)22)16(23)17(19)5-9-24-10-6-17;/h1-4H,5-12,19H2;1H. The van der Waals surface area contributed by atoms with E-state index in [1.807, 2.05) is 24.3 Å². The normalized spacial score (nSPS) is 20.2. The number of carbonyl (C=O) groups is 2. The molecule has 2 aliphatic heterocycles. The molecule has 2 heterocycles. The molecule has 2 N–H and O–H groups in total. The minimum Gasteiger partial charge on any atom is -0.381 e. The fourth-order valence-electron chi connectivity index (χ4n) is 3.12. The zero-order valence-electron chi connectivity index (χ0n) is 13.9. The fraction of sp³-hybridized carbons (Fsp3) is 0.529. The molecule has 0 atom stereocenters. The van der Waals surface area contributed by atoms with Crippen molar-refractivity contribution in [2.45, 2.75) is 24.9 Å². The molecule has 2 fully saturated rings. The average Bonchev–Trinajstić information content (AvgIpc) is 2.58. The van der Waals surface area contributed by atoms with Crippen LogP contribution in [0.15, 0.2) is 24.3 Å². The van der Waals surface area contributed by atoms with Gasteiger partial charge >= 0.3 is 0 Å². The quantitative estimate of drug-likeness (QED) is 0.851. The molecular formula is C17H23Cl2N3O3. The Bertz CT molecular complexity index is 618. The highest BCUT2D eigenvalue weighted by molar-refractivity contribution is 6.30. The lowest BCUT2D eigenvalue weighted by Crippen LogP contribution is -2.62. The molecule has 0 spiro atoms. The van der Waals surface area contributed by atoms with Crippen LogP contribution in [0.4, 0.5) is 0 Å². The summed E-state index contributed by atoms with van der Waals surface area (Å²) in [7, 11) is 0. The summed E-state index contributed by atoms with van der Waals surface area (Å²) in [5.41, 5.74) is 6.37. The first-order chi connectivity index (χ1) is 11.5. The Morgan fingerprint density at radius 1 is 1.20 bits per heavy atom. The Labute approximate surface area is 158 Å². The lowest BCUT2D eigenvalue weighted by molar-refractivity contribution is -0.150. The molecule has 1 aromatic carbocycles. The maximum atomic E-state index is 12.7. The van der Waals surface area contributed by atoms with Gasteiger partial charge in [0.15, 0.2) is 0 Å². The number of halogens is 2. The average molecular weight is 388 g/mol. The largest absolute Gasteiger partial charge is 0.381 e. The van der Waals surface area contributed by atoms with Crippen LogP contribution >= 0.6 is 24.0 Å². The smallest absolute Gasteiger partial charge is 0.243 e. The van der Waals surface area contributed by atoms with E-state index in [0.29, 0.717) is 50.7 Å². The van der Waals surface area contributed by atoms with Crippen LogP contribution in [0.3, 0.4) is 0 Å². The summed E-state index contributed by atoms with van der Waals surface area (Å²) in [6, 6.07) is 7.43. The Morgan fingerprint density at radius 3 is 2.44 bits per heavy atom. The van der Waals surface area contributed by atoms with Crippen LogP contribution in [-0.4, -0.2) is 60.0 Å². The van der Waals surface area contributed by atoms with Crippen LogP contribution in [0.25, 0.3) is 0 Å². The van der Waals surface area contributed by atoms with Gasteiger partial charge in [-0.2, -0.15) is 0 Å². The zero-order valence-corrected chi connectivity index (χ0v) is 15.5. The van der Waals surface area contributed by atoms with Crippen LogP contribution in [-0.2, 0) is 20.9 Å². The summed E-state index contributed by atoms with van der Waals surface area (Å²) < 4.78 is 5.28. The van der Waals surface area contributed by atoms with Gasteiger partial charge in [-0.05, 0) is 30.5 Å². The number of hydrogen-bond acceptors (Lipinski definition) is 4. The molecule has 0 aliphatic carbocycles. The van der Waals surface area contributed by atoms with E-state index in [9.17, 15) is 9.59 Å². The number of ether oxygens (including phenoxy) is 1. The van der Waals surface area contributed by atoms with Gasteiger partial charge in [-0.25, -0.2) is 0 Å². The molecule has 0 aromatic heterocycles. The Hall–Kier alpha value is -1.34. The molecule has 138 valence electrons. The Balaban J connectivity index is 0.00000225. The zero-order chi connectivity index (χ0) is 17.2. The molecule has 0 unspecified atom stereocenters. The van der Waals surface area contributed by atoms with Gasteiger partial charge in [-0.1, -0.05) is 23.7 Å². The number of rotatable bonds is 3. The number of hydrogen-bond donors (Lipinski definition) is 1. The van der Waals surface area contributed by atoms with Crippen molar-refractivity contribution < 1.29 is 14.3 Å². The van der Waals surface area contributed by atoms with Gasteiger partial charge in [0.25, 0.3) is 0 Å². The molecule has 0 radical (unpaired) electrons. The molecule has 0 saturated carbocycles. The van der Waals surface area contributed by atoms with E-state index in [-0.39, 0.29) is 30.8 Å². The molecular weight excluding hydrogens is 365 g/mol. The Kier molecular flexibility index (Phi) is 6.68. The van der Waals surface area contributed by atoms with E-state index >= 15 is 0 Å². The van der Waals surface area contributed by atoms with E-state index in [2.05, 4.69) is 0 Å². The van der Waals surface area contributed by atoms with Crippen molar-refractivity contribution >= 4 is 35.8 Å². The third-order valence-electron chi connectivity index (χ3n) is 4.70. The summed E-state index contributed by atoms with van der Waals surface area (Å²) in [5.74, 6) is -0.189. The second-order valence-corrected chi connectivity index (χ2v) is 6.87. The number of benzene rings is 1. The number of nitrogens with zero attached hydrogens (tertiary/aromatic N) is 2. The number of carbonyl (C=O) groups excluding carboxylic acids is 2. The van der Waals surface area contributed by atoms with E-state index < -0.39 is 5.54 Å². The lowest BCUT2D eigenvalue weighted by Gasteiger charge is -2.40. The van der Waals surface area contributed by atoms with E-state index in [0.717, 1.165) is 5.56 Å².